The number of aliphatic hydroxyl groups is 1. The Morgan fingerprint density at radius 2 is 2.00 bits per heavy atom. The van der Waals surface area contributed by atoms with Gasteiger partial charge in [-0.2, -0.15) is 18.4 Å². The Bertz CT molecular complexity index is 1380. The average molecular weight is 514 g/mol. The minimum absolute atomic E-state index is 0.0408. The van der Waals surface area contributed by atoms with Crippen LogP contribution in [0.25, 0.3) is 11.0 Å². The van der Waals surface area contributed by atoms with Crippen LogP contribution in [0.4, 0.5) is 18.9 Å². The Morgan fingerprint density at radius 1 is 1.30 bits per heavy atom. The molecule has 0 unspecified atom stereocenters. The quantitative estimate of drug-likeness (QED) is 0.535. The van der Waals surface area contributed by atoms with Crippen LogP contribution in [0.2, 0.25) is 0 Å². The van der Waals surface area contributed by atoms with Crippen LogP contribution in [0.3, 0.4) is 0 Å². The van der Waals surface area contributed by atoms with Crippen molar-refractivity contribution in [3.05, 3.63) is 58.9 Å². The molecule has 0 aliphatic carbocycles. The fourth-order valence-electron chi connectivity index (χ4n) is 4.75. The number of nitrogens with zero attached hydrogens (tertiary/aromatic N) is 4. The standard InChI is InChI=1S/C26H26F3N5O3/c1-15-20(32-25(37)18-5-3-4-16(10-18)12-30)13-31-24-23(15)19(14-33(24)2)17-6-8-34(9-7-17)22(36)11-21(35)26(27,28)29/h3-5,10,13-14,17,21,35H,6-9,11H2,1-2H3,(H,32,37)/t21-/m1/s1. The van der Waals surface area contributed by atoms with Crippen molar-refractivity contribution in [1.82, 2.24) is 14.5 Å². The van der Waals surface area contributed by atoms with E-state index in [1.807, 2.05) is 30.8 Å². The van der Waals surface area contributed by atoms with E-state index in [4.69, 9.17) is 5.26 Å². The molecule has 2 N–H and O–H groups in total. The van der Waals surface area contributed by atoms with Crippen molar-refractivity contribution in [1.29, 1.82) is 5.26 Å². The van der Waals surface area contributed by atoms with Crippen LogP contribution >= 0.6 is 0 Å². The Kier molecular flexibility index (Phi) is 7.23. The van der Waals surface area contributed by atoms with Gasteiger partial charge in [-0.3, -0.25) is 9.59 Å². The highest BCUT2D eigenvalue weighted by Crippen LogP contribution is 2.37. The number of nitriles is 1. The lowest BCUT2D eigenvalue weighted by Crippen LogP contribution is -2.41. The van der Waals surface area contributed by atoms with Crippen molar-refractivity contribution in [3.8, 4) is 6.07 Å². The average Bonchev–Trinajstić information content (AvgIpc) is 3.22. The van der Waals surface area contributed by atoms with Crippen molar-refractivity contribution in [2.45, 2.75) is 44.4 Å². The van der Waals surface area contributed by atoms with Gasteiger partial charge in [-0.25, -0.2) is 4.98 Å². The fraction of sp³-hybridized carbons (Fsp3) is 0.385. The second-order valence-electron chi connectivity index (χ2n) is 9.25. The first-order valence-electron chi connectivity index (χ1n) is 11.8. The topological polar surface area (TPSA) is 111 Å². The lowest BCUT2D eigenvalue weighted by Gasteiger charge is -2.32. The molecule has 0 radical (unpaired) electrons. The molecule has 11 heteroatoms. The van der Waals surface area contributed by atoms with Crippen molar-refractivity contribution in [2.24, 2.45) is 7.05 Å². The number of alkyl halides is 3. The highest BCUT2D eigenvalue weighted by molar-refractivity contribution is 6.06. The molecule has 0 spiro atoms. The van der Waals surface area contributed by atoms with Crippen LogP contribution in [-0.4, -0.2) is 56.7 Å². The van der Waals surface area contributed by atoms with Gasteiger partial charge in [0, 0.05) is 37.3 Å². The van der Waals surface area contributed by atoms with Crippen LogP contribution in [0.15, 0.2) is 36.7 Å². The van der Waals surface area contributed by atoms with Gasteiger partial charge in [0.25, 0.3) is 5.91 Å². The molecular weight excluding hydrogens is 487 g/mol. The molecule has 8 nitrogen and oxygen atoms in total. The molecule has 2 amide bonds. The third kappa shape index (κ3) is 5.44. The zero-order valence-corrected chi connectivity index (χ0v) is 20.3. The molecule has 1 aliphatic heterocycles. The number of piperidine rings is 1. The van der Waals surface area contributed by atoms with E-state index in [2.05, 4.69) is 10.3 Å². The lowest BCUT2D eigenvalue weighted by molar-refractivity contribution is -0.207. The zero-order chi connectivity index (χ0) is 26.9. The number of fused-ring (bicyclic) bond motifs is 1. The Balaban J connectivity index is 1.53. The number of hydrogen-bond donors (Lipinski definition) is 2. The normalized spacial score (nSPS) is 15.4. The first-order chi connectivity index (χ1) is 17.5. The summed E-state index contributed by atoms with van der Waals surface area (Å²) in [6, 6.07) is 8.39. The molecule has 37 heavy (non-hydrogen) atoms. The number of aliphatic hydroxyl groups excluding tert-OH is 1. The molecule has 1 saturated heterocycles. The van der Waals surface area contributed by atoms with E-state index in [0.29, 0.717) is 29.7 Å². The summed E-state index contributed by atoms with van der Waals surface area (Å²) < 4.78 is 39.8. The Morgan fingerprint density at radius 3 is 2.65 bits per heavy atom. The molecule has 0 bridgehead atoms. The zero-order valence-electron chi connectivity index (χ0n) is 20.3. The molecular formula is C26H26F3N5O3. The van der Waals surface area contributed by atoms with Gasteiger partial charge in [0.1, 0.15) is 5.65 Å². The van der Waals surface area contributed by atoms with Crippen molar-refractivity contribution >= 4 is 28.5 Å². The van der Waals surface area contributed by atoms with Gasteiger partial charge in [-0.1, -0.05) is 6.07 Å². The van der Waals surface area contributed by atoms with E-state index < -0.39 is 24.6 Å². The molecule has 3 aromatic rings. The predicted octanol–water partition coefficient (Wildman–Crippen LogP) is 4.03. The van der Waals surface area contributed by atoms with Crippen LogP contribution in [-0.2, 0) is 11.8 Å². The van der Waals surface area contributed by atoms with Crippen molar-refractivity contribution < 1.29 is 27.9 Å². The second kappa shape index (κ2) is 10.2. The summed E-state index contributed by atoms with van der Waals surface area (Å²) in [5.41, 5.74) is 3.79. The summed E-state index contributed by atoms with van der Waals surface area (Å²) in [5.74, 6) is -1.05. The molecule has 1 fully saturated rings. The molecule has 1 atom stereocenters. The van der Waals surface area contributed by atoms with Gasteiger partial charge in [-0.05, 0) is 55.0 Å². The van der Waals surface area contributed by atoms with Crippen LogP contribution < -0.4 is 5.32 Å². The maximum absolute atomic E-state index is 12.8. The maximum Gasteiger partial charge on any atom is 0.414 e. The Labute approximate surface area is 211 Å². The van der Waals surface area contributed by atoms with Crippen LogP contribution in [0.1, 0.15) is 52.2 Å². The summed E-state index contributed by atoms with van der Waals surface area (Å²) >= 11 is 0. The lowest BCUT2D eigenvalue weighted by atomic mass is 9.88. The van der Waals surface area contributed by atoms with Gasteiger partial charge < -0.3 is 19.9 Å². The number of carbonyl (C=O) groups is 2. The van der Waals surface area contributed by atoms with E-state index in [1.165, 1.54) is 11.0 Å². The maximum atomic E-state index is 12.8. The number of anilines is 1. The Hall–Kier alpha value is -3.91. The molecule has 0 saturated carbocycles. The molecule has 1 aromatic carbocycles. The molecule has 1 aliphatic rings. The summed E-state index contributed by atoms with van der Waals surface area (Å²) in [6.07, 6.45) is -3.84. The number of benzene rings is 1. The smallest absolute Gasteiger partial charge is 0.383 e. The second-order valence-corrected chi connectivity index (χ2v) is 9.25. The predicted molar refractivity (Wildman–Crippen MR) is 130 cm³/mol. The molecule has 2 aromatic heterocycles. The number of aryl methyl sites for hydroxylation is 2. The third-order valence-corrected chi connectivity index (χ3v) is 6.81. The van der Waals surface area contributed by atoms with Gasteiger partial charge in [0.05, 0.1) is 29.9 Å². The van der Waals surface area contributed by atoms with Gasteiger partial charge in [0.15, 0.2) is 6.10 Å². The van der Waals surface area contributed by atoms with Crippen LogP contribution in [0, 0.1) is 18.3 Å². The number of rotatable bonds is 5. The number of nitrogens with one attached hydrogen (secondary N) is 1. The van der Waals surface area contributed by atoms with Crippen LogP contribution in [0.5, 0.6) is 0 Å². The number of amides is 2. The first-order valence-corrected chi connectivity index (χ1v) is 11.8. The van der Waals surface area contributed by atoms with E-state index in [0.717, 1.165) is 22.2 Å². The number of halogens is 3. The minimum Gasteiger partial charge on any atom is -0.383 e. The van der Waals surface area contributed by atoms with E-state index in [9.17, 15) is 27.9 Å². The fourth-order valence-corrected chi connectivity index (χ4v) is 4.75. The van der Waals surface area contributed by atoms with Gasteiger partial charge in [0.2, 0.25) is 5.91 Å². The number of carbonyl (C=O) groups excluding carboxylic acids is 2. The van der Waals surface area contributed by atoms with E-state index >= 15 is 0 Å². The van der Waals surface area contributed by atoms with Crippen molar-refractivity contribution in [3.63, 3.8) is 0 Å². The summed E-state index contributed by atoms with van der Waals surface area (Å²) in [7, 11) is 1.86. The summed E-state index contributed by atoms with van der Waals surface area (Å²) in [5, 5.41) is 22.1. The van der Waals surface area contributed by atoms with E-state index in [-0.39, 0.29) is 24.9 Å². The number of hydrogen-bond acceptors (Lipinski definition) is 5. The number of likely N-dealkylation sites (tertiary alicyclic amines) is 1. The number of pyridine rings is 1. The molecule has 194 valence electrons. The monoisotopic (exact) mass is 513 g/mol. The minimum atomic E-state index is -4.83. The third-order valence-electron chi connectivity index (χ3n) is 6.81. The SMILES string of the molecule is Cc1c(NC(=O)c2cccc(C#N)c2)cnc2c1c(C1CCN(C(=O)C[C@@H](O)C(F)(F)F)CC1)cn2C. The highest BCUT2D eigenvalue weighted by atomic mass is 19.4. The molecule has 4 rings (SSSR count). The molecule has 3 heterocycles. The van der Waals surface area contributed by atoms with E-state index in [1.54, 1.807) is 24.4 Å². The highest BCUT2D eigenvalue weighted by Gasteiger charge is 2.40. The summed E-state index contributed by atoms with van der Waals surface area (Å²) in [6.45, 7) is 2.44. The first kappa shape index (κ1) is 26.2. The van der Waals surface area contributed by atoms with Gasteiger partial charge >= 0.3 is 6.18 Å². The number of aromatic nitrogens is 2. The van der Waals surface area contributed by atoms with Gasteiger partial charge in [-0.15, -0.1) is 0 Å². The largest absolute Gasteiger partial charge is 0.414 e. The summed E-state index contributed by atoms with van der Waals surface area (Å²) in [4.78, 5) is 31.0. The van der Waals surface area contributed by atoms with Crippen molar-refractivity contribution in [2.75, 3.05) is 18.4 Å².